The van der Waals surface area contributed by atoms with E-state index in [0.29, 0.717) is 11.4 Å². The van der Waals surface area contributed by atoms with Crippen LogP contribution >= 0.6 is 0 Å². The zero-order chi connectivity index (χ0) is 13.8. The summed E-state index contributed by atoms with van der Waals surface area (Å²) in [6.45, 7) is 5.85. The van der Waals surface area contributed by atoms with Crippen LogP contribution < -0.4 is 5.73 Å². The van der Waals surface area contributed by atoms with Gasteiger partial charge in [0.1, 0.15) is 5.82 Å². The molecule has 1 aliphatic rings. The molecule has 0 radical (unpaired) electrons. The fraction of sp³-hybridized carbons (Fsp3) is 0.571. The van der Waals surface area contributed by atoms with E-state index in [1.807, 2.05) is 14.0 Å². The maximum atomic E-state index is 12.3. The highest BCUT2D eigenvalue weighted by molar-refractivity contribution is 5.94. The zero-order valence-electron chi connectivity index (χ0n) is 11.7. The Labute approximate surface area is 114 Å². The highest BCUT2D eigenvalue weighted by Gasteiger charge is 2.16. The summed E-state index contributed by atoms with van der Waals surface area (Å²) in [6.07, 6.45) is 2.55. The summed E-state index contributed by atoms with van der Waals surface area (Å²) in [5, 5.41) is 0. The molecule has 0 atom stereocenters. The first-order valence-electron chi connectivity index (χ1n) is 6.78. The number of hydrogen-bond donors (Lipinski definition) is 1. The molecular weight excluding hydrogens is 240 g/mol. The van der Waals surface area contributed by atoms with Crippen LogP contribution in [0.2, 0.25) is 0 Å². The van der Waals surface area contributed by atoms with Crippen LogP contribution in [0, 0.1) is 6.92 Å². The van der Waals surface area contributed by atoms with Gasteiger partial charge < -0.3 is 15.5 Å². The monoisotopic (exact) mass is 262 g/mol. The first-order chi connectivity index (χ1) is 9.06. The fourth-order valence-corrected chi connectivity index (χ4v) is 2.44. The number of carbonyl (C=O) groups excluding carboxylic acids is 1. The fourth-order valence-electron chi connectivity index (χ4n) is 2.44. The number of pyridine rings is 1. The molecule has 1 aromatic heterocycles. The lowest BCUT2D eigenvalue weighted by molar-refractivity contribution is 0.0782. The Kier molecular flexibility index (Phi) is 4.37. The van der Waals surface area contributed by atoms with Crippen molar-refractivity contribution in [1.29, 1.82) is 0 Å². The summed E-state index contributed by atoms with van der Waals surface area (Å²) in [6, 6.07) is 3.42. The molecule has 2 heterocycles. The molecule has 0 aliphatic carbocycles. The number of likely N-dealkylation sites (N-methyl/N-ethyl adjacent to an activating group) is 1. The Morgan fingerprint density at radius 2 is 2.11 bits per heavy atom. The Morgan fingerprint density at radius 3 is 2.74 bits per heavy atom. The molecular formula is C14H22N4O. The third-order valence-corrected chi connectivity index (χ3v) is 3.52. The van der Waals surface area contributed by atoms with Crippen molar-refractivity contribution >= 4 is 11.7 Å². The van der Waals surface area contributed by atoms with Gasteiger partial charge in [0.15, 0.2) is 0 Å². The van der Waals surface area contributed by atoms with Gasteiger partial charge in [-0.1, -0.05) is 0 Å². The minimum absolute atomic E-state index is 0.0106. The molecule has 1 aliphatic heterocycles. The van der Waals surface area contributed by atoms with Gasteiger partial charge in [0.25, 0.3) is 5.91 Å². The van der Waals surface area contributed by atoms with Gasteiger partial charge in [-0.05, 0) is 45.0 Å². The number of carbonyl (C=O) groups is 1. The third kappa shape index (κ3) is 3.67. The number of hydrogen-bond acceptors (Lipinski definition) is 4. The molecule has 5 heteroatoms. The molecule has 1 fully saturated rings. The largest absolute Gasteiger partial charge is 0.384 e. The van der Waals surface area contributed by atoms with Gasteiger partial charge in [-0.3, -0.25) is 4.79 Å². The molecule has 19 heavy (non-hydrogen) atoms. The summed E-state index contributed by atoms with van der Waals surface area (Å²) in [4.78, 5) is 20.5. The van der Waals surface area contributed by atoms with Gasteiger partial charge in [-0.2, -0.15) is 0 Å². The van der Waals surface area contributed by atoms with Gasteiger partial charge in [-0.15, -0.1) is 0 Å². The van der Waals surface area contributed by atoms with E-state index in [0.717, 1.165) is 31.9 Å². The zero-order valence-corrected chi connectivity index (χ0v) is 11.7. The van der Waals surface area contributed by atoms with Gasteiger partial charge >= 0.3 is 0 Å². The molecule has 1 aromatic rings. The lowest BCUT2D eigenvalue weighted by Crippen LogP contribution is -2.35. The van der Waals surface area contributed by atoms with E-state index in [2.05, 4.69) is 9.88 Å². The minimum Gasteiger partial charge on any atom is -0.384 e. The van der Waals surface area contributed by atoms with Crippen LogP contribution in [0.4, 0.5) is 5.82 Å². The second kappa shape index (κ2) is 6.02. The van der Waals surface area contributed by atoms with Gasteiger partial charge in [0.05, 0.1) is 0 Å². The summed E-state index contributed by atoms with van der Waals surface area (Å²) >= 11 is 0. The molecule has 0 saturated carbocycles. The molecule has 0 aromatic carbocycles. The van der Waals surface area contributed by atoms with E-state index in [-0.39, 0.29) is 5.91 Å². The van der Waals surface area contributed by atoms with Crippen LogP contribution in [0.15, 0.2) is 12.1 Å². The predicted molar refractivity (Wildman–Crippen MR) is 76.0 cm³/mol. The lowest BCUT2D eigenvalue weighted by atomic mass is 10.2. The van der Waals surface area contributed by atoms with Gasteiger partial charge in [0, 0.05) is 31.4 Å². The van der Waals surface area contributed by atoms with Crippen LogP contribution in [0.5, 0.6) is 0 Å². The number of nitrogens with two attached hydrogens (primary N) is 1. The molecule has 2 rings (SSSR count). The topological polar surface area (TPSA) is 62.5 Å². The van der Waals surface area contributed by atoms with Crippen molar-refractivity contribution in [3.63, 3.8) is 0 Å². The van der Waals surface area contributed by atoms with Crippen LogP contribution in [0.25, 0.3) is 0 Å². The summed E-state index contributed by atoms with van der Waals surface area (Å²) in [5.41, 5.74) is 7.07. The molecule has 1 saturated heterocycles. The van der Waals surface area contributed by atoms with Crippen molar-refractivity contribution in [2.24, 2.45) is 0 Å². The Hall–Kier alpha value is -1.62. The van der Waals surface area contributed by atoms with Crippen molar-refractivity contribution in [3.05, 3.63) is 23.4 Å². The minimum atomic E-state index is 0.0106. The second-order valence-electron chi connectivity index (χ2n) is 5.20. The van der Waals surface area contributed by atoms with E-state index in [4.69, 9.17) is 5.73 Å². The summed E-state index contributed by atoms with van der Waals surface area (Å²) in [7, 11) is 1.84. The van der Waals surface area contributed by atoms with Crippen LogP contribution in [-0.2, 0) is 0 Å². The smallest absolute Gasteiger partial charge is 0.253 e. The maximum absolute atomic E-state index is 12.3. The number of likely N-dealkylation sites (tertiary alicyclic amines) is 1. The standard InChI is InChI=1S/C14H22N4O/c1-11-9-12(10-13(15)16-11)14(19)17(2)7-8-18-5-3-4-6-18/h9-10H,3-8H2,1-2H3,(H2,15,16). The van der Waals surface area contributed by atoms with Crippen molar-refractivity contribution in [2.75, 3.05) is 39.0 Å². The van der Waals surface area contributed by atoms with E-state index in [9.17, 15) is 4.79 Å². The van der Waals surface area contributed by atoms with Crippen LogP contribution in [0.3, 0.4) is 0 Å². The van der Waals surface area contributed by atoms with Crippen LogP contribution in [0.1, 0.15) is 28.9 Å². The first-order valence-corrected chi connectivity index (χ1v) is 6.78. The predicted octanol–water partition coefficient (Wildman–Crippen LogP) is 1.14. The molecule has 0 spiro atoms. The number of aromatic nitrogens is 1. The highest BCUT2D eigenvalue weighted by atomic mass is 16.2. The second-order valence-corrected chi connectivity index (χ2v) is 5.20. The van der Waals surface area contributed by atoms with Gasteiger partial charge in [0.2, 0.25) is 0 Å². The average molecular weight is 262 g/mol. The first kappa shape index (κ1) is 13.8. The Balaban J connectivity index is 1.93. The molecule has 0 bridgehead atoms. The van der Waals surface area contributed by atoms with Crippen molar-refractivity contribution in [1.82, 2.24) is 14.8 Å². The van der Waals surface area contributed by atoms with E-state index < -0.39 is 0 Å². The maximum Gasteiger partial charge on any atom is 0.253 e. The van der Waals surface area contributed by atoms with Gasteiger partial charge in [-0.25, -0.2) is 4.98 Å². The summed E-state index contributed by atoms with van der Waals surface area (Å²) < 4.78 is 0. The number of nitrogen functional groups attached to an aromatic ring is 1. The summed E-state index contributed by atoms with van der Waals surface area (Å²) in [5.74, 6) is 0.410. The van der Waals surface area contributed by atoms with E-state index in [1.165, 1.54) is 12.8 Å². The van der Waals surface area contributed by atoms with Crippen LogP contribution in [-0.4, -0.2) is 53.9 Å². The number of nitrogens with zero attached hydrogens (tertiary/aromatic N) is 3. The Bertz CT molecular complexity index is 435. The molecule has 2 N–H and O–H groups in total. The van der Waals surface area contributed by atoms with Crippen molar-refractivity contribution in [2.45, 2.75) is 19.8 Å². The SMILES string of the molecule is Cc1cc(C(=O)N(C)CCN2CCCC2)cc(N)n1. The molecule has 1 amide bonds. The van der Waals surface area contributed by atoms with E-state index in [1.54, 1.807) is 17.0 Å². The van der Waals surface area contributed by atoms with Crippen molar-refractivity contribution in [3.8, 4) is 0 Å². The quantitative estimate of drug-likeness (QED) is 0.884. The lowest BCUT2D eigenvalue weighted by Gasteiger charge is -2.21. The molecule has 5 nitrogen and oxygen atoms in total. The van der Waals surface area contributed by atoms with Crippen molar-refractivity contribution < 1.29 is 4.79 Å². The Morgan fingerprint density at radius 1 is 1.42 bits per heavy atom. The number of anilines is 1. The third-order valence-electron chi connectivity index (χ3n) is 3.52. The normalized spacial score (nSPS) is 15.7. The molecule has 0 unspecified atom stereocenters. The number of amides is 1. The average Bonchev–Trinajstić information content (AvgIpc) is 2.87. The highest BCUT2D eigenvalue weighted by Crippen LogP contribution is 2.10. The van der Waals surface area contributed by atoms with E-state index >= 15 is 0 Å². The number of rotatable bonds is 4. The molecule has 104 valence electrons. The number of aryl methyl sites for hydroxylation is 1.